The van der Waals surface area contributed by atoms with Gasteiger partial charge in [-0.05, 0) is 61.9 Å². The molecule has 1 heterocycles. The van der Waals surface area contributed by atoms with Gasteiger partial charge in [0.15, 0.2) is 11.5 Å². The van der Waals surface area contributed by atoms with Crippen LogP contribution < -0.4 is 20.1 Å². The Morgan fingerprint density at radius 3 is 2.42 bits per heavy atom. The van der Waals surface area contributed by atoms with Crippen molar-refractivity contribution in [2.75, 3.05) is 39.2 Å². The molecule has 0 unspecified atom stereocenters. The lowest BCUT2D eigenvalue weighted by Crippen LogP contribution is -2.41. The fourth-order valence-electron chi connectivity index (χ4n) is 3.80. The van der Waals surface area contributed by atoms with Crippen LogP contribution in [0.1, 0.15) is 35.2 Å². The van der Waals surface area contributed by atoms with E-state index < -0.39 is 0 Å². The van der Waals surface area contributed by atoms with Crippen molar-refractivity contribution in [3.05, 3.63) is 53.6 Å². The number of urea groups is 1. The summed E-state index contributed by atoms with van der Waals surface area (Å²) in [7, 11) is 3.11. The molecule has 1 aliphatic heterocycles. The predicted molar refractivity (Wildman–Crippen MR) is 121 cm³/mol. The summed E-state index contributed by atoms with van der Waals surface area (Å²) in [6.45, 7) is 4.05. The maximum absolute atomic E-state index is 12.5. The van der Waals surface area contributed by atoms with Crippen molar-refractivity contribution in [1.82, 2.24) is 10.2 Å². The second-order valence-electron chi connectivity index (χ2n) is 7.79. The number of piperidine rings is 1. The molecule has 0 atom stereocenters. The van der Waals surface area contributed by atoms with Crippen molar-refractivity contribution < 1.29 is 19.1 Å². The van der Waals surface area contributed by atoms with Gasteiger partial charge in [-0.15, -0.1) is 0 Å². The maximum atomic E-state index is 12.5. The van der Waals surface area contributed by atoms with Crippen molar-refractivity contribution in [2.45, 2.75) is 26.2 Å². The molecule has 0 bridgehead atoms. The molecule has 0 aliphatic carbocycles. The number of benzene rings is 2. The number of methoxy groups -OCH3 is 2. The van der Waals surface area contributed by atoms with E-state index in [2.05, 4.69) is 10.6 Å². The van der Waals surface area contributed by atoms with Crippen molar-refractivity contribution in [2.24, 2.45) is 5.92 Å². The molecule has 7 heteroatoms. The summed E-state index contributed by atoms with van der Waals surface area (Å²) in [5, 5.41) is 5.98. The van der Waals surface area contributed by atoms with E-state index in [0.717, 1.165) is 43.6 Å². The van der Waals surface area contributed by atoms with E-state index in [4.69, 9.17) is 9.47 Å². The first-order chi connectivity index (χ1) is 15.0. The third-order valence-electron chi connectivity index (χ3n) is 5.77. The van der Waals surface area contributed by atoms with Crippen LogP contribution in [0.25, 0.3) is 0 Å². The van der Waals surface area contributed by atoms with E-state index in [9.17, 15) is 9.59 Å². The molecule has 2 N–H and O–H groups in total. The summed E-state index contributed by atoms with van der Waals surface area (Å²) in [6, 6.07) is 12.9. The number of nitrogens with one attached hydrogen (secondary N) is 2. The number of aryl methyl sites for hydroxylation is 1. The molecule has 3 rings (SSSR count). The Balaban J connectivity index is 1.41. The number of carbonyl (C=O) groups is 2. The molecule has 7 nitrogen and oxygen atoms in total. The number of carbonyl (C=O) groups excluding carboxylic acids is 2. The Morgan fingerprint density at radius 1 is 1.03 bits per heavy atom. The predicted octanol–water partition coefficient (Wildman–Crippen LogP) is 4.08. The van der Waals surface area contributed by atoms with Gasteiger partial charge in [-0.25, -0.2) is 4.79 Å². The molecular weight excluding hydrogens is 394 g/mol. The molecule has 3 amide bonds. The summed E-state index contributed by atoms with van der Waals surface area (Å²) in [5.74, 6) is 1.49. The first kappa shape index (κ1) is 22.5. The Bertz CT molecular complexity index is 907. The van der Waals surface area contributed by atoms with Crippen LogP contribution in [0.5, 0.6) is 11.5 Å². The van der Waals surface area contributed by atoms with Gasteiger partial charge < -0.3 is 25.0 Å². The number of para-hydroxylation sites is 1. The zero-order valence-electron chi connectivity index (χ0n) is 18.4. The standard InChI is InChI=1S/C24H31N3O4/c1-17-6-4-5-7-20(17)26-24(29)27-14-11-18(12-15-27)10-13-25-23(28)19-8-9-21(30-2)22(16-19)31-3/h4-9,16,18H,10-15H2,1-3H3,(H,25,28)(H,26,29). The molecule has 0 aromatic heterocycles. The molecule has 1 saturated heterocycles. The average molecular weight is 426 g/mol. The number of hydrogen-bond acceptors (Lipinski definition) is 4. The smallest absolute Gasteiger partial charge is 0.321 e. The van der Waals surface area contributed by atoms with Crippen LogP contribution in [0.3, 0.4) is 0 Å². The van der Waals surface area contributed by atoms with Crippen molar-refractivity contribution in [3.8, 4) is 11.5 Å². The zero-order valence-corrected chi connectivity index (χ0v) is 18.4. The second kappa shape index (κ2) is 10.7. The van der Waals surface area contributed by atoms with Gasteiger partial charge in [0.2, 0.25) is 0 Å². The minimum absolute atomic E-state index is 0.0468. The molecular formula is C24H31N3O4. The summed E-state index contributed by atoms with van der Waals surface area (Å²) in [6.07, 6.45) is 2.77. The van der Waals surface area contributed by atoms with Gasteiger partial charge in [-0.1, -0.05) is 18.2 Å². The highest BCUT2D eigenvalue weighted by Gasteiger charge is 2.23. The van der Waals surface area contributed by atoms with E-state index in [-0.39, 0.29) is 11.9 Å². The van der Waals surface area contributed by atoms with Crippen molar-refractivity contribution >= 4 is 17.6 Å². The summed E-state index contributed by atoms with van der Waals surface area (Å²) in [4.78, 5) is 26.8. The molecule has 166 valence electrons. The Labute approximate surface area is 183 Å². The molecule has 0 radical (unpaired) electrons. The lowest BCUT2D eigenvalue weighted by Gasteiger charge is -2.32. The summed E-state index contributed by atoms with van der Waals surface area (Å²) < 4.78 is 10.5. The number of hydrogen-bond donors (Lipinski definition) is 2. The molecule has 1 aliphatic rings. The van der Waals surface area contributed by atoms with Gasteiger partial charge in [0.25, 0.3) is 5.91 Å². The molecule has 2 aromatic carbocycles. The molecule has 0 saturated carbocycles. The van der Waals surface area contributed by atoms with Crippen LogP contribution in [-0.4, -0.2) is 50.7 Å². The Morgan fingerprint density at radius 2 is 1.74 bits per heavy atom. The third-order valence-corrected chi connectivity index (χ3v) is 5.77. The van der Waals surface area contributed by atoms with E-state index in [0.29, 0.717) is 29.5 Å². The Kier molecular flexibility index (Phi) is 7.76. The zero-order chi connectivity index (χ0) is 22.2. The molecule has 0 spiro atoms. The number of rotatable bonds is 7. The number of ether oxygens (including phenoxy) is 2. The minimum Gasteiger partial charge on any atom is -0.493 e. The second-order valence-corrected chi connectivity index (χ2v) is 7.79. The van der Waals surface area contributed by atoms with Crippen LogP contribution in [0.2, 0.25) is 0 Å². The topological polar surface area (TPSA) is 79.9 Å². The first-order valence-electron chi connectivity index (χ1n) is 10.6. The minimum atomic E-state index is -0.129. The van der Waals surface area contributed by atoms with E-state index in [1.165, 1.54) is 0 Å². The number of nitrogens with zero attached hydrogens (tertiary/aromatic N) is 1. The fourth-order valence-corrected chi connectivity index (χ4v) is 3.80. The lowest BCUT2D eigenvalue weighted by molar-refractivity contribution is 0.0949. The van der Waals surface area contributed by atoms with Gasteiger partial charge in [-0.3, -0.25) is 4.79 Å². The summed E-state index contributed by atoms with van der Waals surface area (Å²) >= 11 is 0. The van der Waals surface area contributed by atoms with Crippen molar-refractivity contribution in [3.63, 3.8) is 0 Å². The third kappa shape index (κ3) is 5.90. The number of likely N-dealkylation sites (tertiary alicyclic amines) is 1. The normalized spacial score (nSPS) is 14.1. The Hall–Kier alpha value is -3.22. The SMILES string of the molecule is COc1ccc(C(=O)NCCC2CCN(C(=O)Nc3ccccc3C)CC2)cc1OC. The van der Waals surface area contributed by atoms with Crippen molar-refractivity contribution in [1.29, 1.82) is 0 Å². The van der Waals surface area contributed by atoms with E-state index in [1.807, 2.05) is 36.1 Å². The van der Waals surface area contributed by atoms with Gasteiger partial charge in [0, 0.05) is 30.9 Å². The van der Waals surface area contributed by atoms with Crippen LogP contribution in [0.15, 0.2) is 42.5 Å². The number of amides is 3. The average Bonchev–Trinajstić information content (AvgIpc) is 2.80. The lowest BCUT2D eigenvalue weighted by atomic mass is 9.93. The highest BCUT2D eigenvalue weighted by atomic mass is 16.5. The van der Waals surface area contributed by atoms with Crippen LogP contribution in [0, 0.1) is 12.8 Å². The van der Waals surface area contributed by atoms with Crippen LogP contribution in [-0.2, 0) is 0 Å². The maximum Gasteiger partial charge on any atom is 0.321 e. The van der Waals surface area contributed by atoms with Crippen LogP contribution in [0.4, 0.5) is 10.5 Å². The quantitative estimate of drug-likeness (QED) is 0.701. The van der Waals surface area contributed by atoms with Gasteiger partial charge in [0.1, 0.15) is 0 Å². The molecule has 1 fully saturated rings. The van der Waals surface area contributed by atoms with Crippen LogP contribution >= 0.6 is 0 Å². The molecule has 31 heavy (non-hydrogen) atoms. The summed E-state index contributed by atoms with van der Waals surface area (Å²) in [5.41, 5.74) is 2.45. The fraction of sp³-hybridized carbons (Fsp3) is 0.417. The number of anilines is 1. The largest absolute Gasteiger partial charge is 0.493 e. The van der Waals surface area contributed by atoms with E-state index in [1.54, 1.807) is 32.4 Å². The molecule has 2 aromatic rings. The van der Waals surface area contributed by atoms with Gasteiger partial charge >= 0.3 is 6.03 Å². The van der Waals surface area contributed by atoms with E-state index >= 15 is 0 Å². The highest BCUT2D eigenvalue weighted by Crippen LogP contribution is 2.27. The highest BCUT2D eigenvalue weighted by molar-refractivity contribution is 5.94. The first-order valence-corrected chi connectivity index (χ1v) is 10.6. The van der Waals surface area contributed by atoms with Gasteiger partial charge in [0.05, 0.1) is 14.2 Å². The monoisotopic (exact) mass is 425 g/mol. The van der Waals surface area contributed by atoms with Gasteiger partial charge in [-0.2, -0.15) is 0 Å².